The van der Waals surface area contributed by atoms with Crippen LogP contribution in [-0.4, -0.2) is 47.9 Å². The molecule has 5 nitrogen and oxygen atoms in total. The zero-order valence-corrected chi connectivity index (χ0v) is 20.6. The first-order chi connectivity index (χ1) is 16.5. The number of carbonyl (C=O) groups excluding carboxylic acids is 2. The number of benzene rings is 2. The number of carbonyl (C=O) groups is 2. The largest absolute Gasteiger partial charge is 0.491 e. The van der Waals surface area contributed by atoms with Gasteiger partial charge in [0.2, 0.25) is 5.91 Å². The Bertz CT molecular complexity index is 1160. The number of halogens is 1. The number of thiophene rings is 1. The van der Waals surface area contributed by atoms with Crippen LogP contribution in [0.1, 0.15) is 32.4 Å². The van der Waals surface area contributed by atoms with Crippen LogP contribution in [0.2, 0.25) is 5.02 Å². The molecule has 2 heterocycles. The average Bonchev–Trinajstić information content (AvgIpc) is 3.32. The van der Waals surface area contributed by atoms with Crippen molar-refractivity contribution < 1.29 is 14.3 Å². The van der Waals surface area contributed by atoms with Crippen LogP contribution in [0.15, 0.2) is 72.6 Å². The monoisotopic (exact) mass is 494 g/mol. The second kappa shape index (κ2) is 10.9. The van der Waals surface area contributed by atoms with Crippen molar-refractivity contribution in [3.63, 3.8) is 0 Å². The van der Waals surface area contributed by atoms with Crippen LogP contribution >= 0.6 is 22.9 Å². The molecule has 0 N–H and O–H groups in total. The summed E-state index contributed by atoms with van der Waals surface area (Å²) in [5.74, 6) is 0.404. The molecule has 1 aliphatic rings. The quantitative estimate of drug-likeness (QED) is 0.386. The highest BCUT2D eigenvalue weighted by atomic mass is 35.5. The smallest absolute Gasteiger partial charge is 0.254 e. The maximum absolute atomic E-state index is 13.5. The number of aryl methyl sites for hydroxylation is 1. The lowest BCUT2D eigenvalue weighted by atomic mass is 10.0. The molecule has 0 spiro atoms. The van der Waals surface area contributed by atoms with Crippen LogP contribution in [-0.2, 0) is 11.2 Å². The minimum Gasteiger partial charge on any atom is -0.491 e. The number of rotatable bonds is 8. The van der Waals surface area contributed by atoms with E-state index in [1.54, 1.807) is 46.6 Å². The van der Waals surface area contributed by atoms with Gasteiger partial charge in [-0.05, 0) is 66.8 Å². The van der Waals surface area contributed by atoms with Gasteiger partial charge >= 0.3 is 0 Å². The molecular weight excluding hydrogens is 468 g/mol. The second-order valence-corrected chi connectivity index (χ2v) is 9.69. The van der Waals surface area contributed by atoms with Crippen molar-refractivity contribution in [2.75, 3.05) is 26.2 Å². The summed E-state index contributed by atoms with van der Waals surface area (Å²) in [5, 5.41) is 2.70. The Morgan fingerprint density at radius 3 is 2.62 bits per heavy atom. The molecule has 0 saturated heterocycles. The minimum atomic E-state index is -0.224. The molecule has 1 aromatic heterocycles. The fourth-order valence-corrected chi connectivity index (χ4v) is 5.14. The molecule has 3 aromatic rings. The van der Waals surface area contributed by atoms with Crippen LogP contribution in [0.3, 0.4) is 0 Å². The Balaban J connectivity index is 1.51. The normalized spacial score (nSPS) is 14.9. The van der Waals surface area contributed by atoms with Crippen LogP contribution in [0, 0.1) is 6.92 Å². The average molecular weight is 495 g/mol. The van der Waals surface area contributed by atoms with Gasteiger partial charge in [0.25, 0.3) is 5.91 Å². The van der Waals surface area contributed by atoms with E-state index in [1.165, 1.54) is 4.88 Å². The van der Waals surface area contributed by atoms with E-state index in [0.717, 1.165) is 17.5 Å². The van der Waals surface area contributed by atoms with Crippen LogP contribution in [0.25, 0.3) is 0 Å². The van der Waals surface area contributed by atoms with Crippen molar-refractivity contribution in [2.24, 2.45) is 0 Å². The first-order valence-electron chi connectivity index (χ1n) is 11.2. The van der Waals surface area contributed by atoms with Gasteiger partial charge in [-0.1, -0.05) is 35.4 Å². The SMILES string of the molecule is C=CCN(CC(=O)N1CCc2sccc2C1COc1ccc(Cl)cc1)C(=O)c1ccc(C)cc1. The summed E-state index contributed by atoms with van der Waals surface area (Å²) >= 11 is 7.69. The zero-order chi connectivity index (χ0) is 24.1. The van der Waals surface area contributed by atoms with Crippen LogP contribution in [0.4, 0.5) is 0 Å². The number of hydrogen-bond donors (Lipinski definition) is 0. The summed E-state index contributed by atoms with van der Waals surface area (Å²) in [6, 6.07) is 16.4. The molecule has 7 heteroatoms. The molecule has 2 aromatic carbocycles. The van der Waals surface area contributed by atoms with Gasteiger partial charge in [0.1, 0.15) is 18.9 Å². The lowest BCUT2D eigenvalue weighted by Crippen LogP contribution is -2.47. The molecule has 0 aliphatic carbocycles. The van der Waals surface area contributed by atoms with Gasteiger partial charge in [-0.2, -0.15) is 0 Å². The van der Waals surface area contributed by atoms with E-state index in [1.807, 2.05) is 36.1 Å². The predicted octanol–water partition coefficient (Wildman–Crippen LogP) is 5.54. The topological polar surface area (TPSA) is 49.9 Å². The third-order valence-corrected chi connectivity index (χ3v) is 7.15. The highest BCUT2D eigenvalue weighted by molar-refractivity contribution is 7.10. The van der Waals surface area contributed by atoms with Crippen LogP contribution < -0.4 is 4.74 Å². The fraction of sp³-hybridized carbons (Fsp3) is 0.259. The third-order valence-electron chi connectivity index (χ3n) is 5.90. The summed E-state index contributed by atoms with van der Waals surface area (Å²) in [4.78, 5) is 31.3. The third kappa shape index (κ3) is 5.51. The van der Waals surface area contributed by atoms with Crippen molar-refractivity contribution in [2.45, 2.75) is 19.4 Å². The molecule has 0 radical (unpaired) electrons. The number of fused-ring (bicyclic) bond motifs is 1. The number of amides is 2. The second-order valence-electron chi connectivity index (χ2n) is 8.26. The summed E-state index contributed by atoms with van der Waals surface area (Å²) in [7, 11) is 0. The molecule has 4 rings (SSSR count). The van der Waals surface area contributed by atoms with E-state index < -0.39 is 0 Å². The molecule has 0 fully saturated rings. The van der Waals surface area contributed by atoms with Gasteiger partial charge in [-0.25, -0.2) is 0 Å². The Morgan fingerprint density at radius 2 is 1.91 bits per heavy atom. The van der Waals surface area contributed by atoms with Crippen molar-refractivity contribution in [3.8, 4) is 5.75 Å². The Hall–Kier alpha value is -3.09. The van der Waals surface area contributed by atoms with Gasteiger partial charge in [-0.3, -0.25) is 9.59 Å². The molecule has 0 saturated carbocycles. The van der Waals surface area contributed by atoms with Gasteiger partial charge in [0.15, 0.2) is 0 Å². The first kappa shape index (κ1) is 24.0. The van der Waals surface area contributed by atoms with E-state index in [9.17, 15) is 9.59 Å². The van der Waals surface area contributed by atoms with Crippen molar-refractivity contribution >= 4 is 34.8 Å². The Kier molecular flexibility index (Phi) is 7.70. The predicted molar refractivity (Wildman–Crippen MR) is 137 cm³/mol. The Labute approximate surface area is 209 Å². The minimum absolute atomic E-state index is 0.0182. The molecule has 176 valence electrons. The summed E-state index contributed by atoms with van der Waals surface area (Å²) in [6.45, 7) is 6.93. The van der Waals surface area contributed by atoms with Gasteiger partial charge in [-0.15, -0.1) is 17.9 Å². The van der Waals surface area contributed by atoms with E-state index in [0.29, 0.717) is 36.0 Å². The lowest BCUT2D eigenvalue weighted by molar-refractivity contribution is -0.135. The van der Waals surface area contributed by atoms with Gasteiger partial charge < -0.3 is 14.5 Å². The number of nitrogens with zero attached hydrogens (tertiary/aromatic N) is 2. The highest BCUT2D eigenvalue weighted by Gasteiger charge is 2.33. The zero-order valence-electron chi connectivity index (χ0n) is 19.1. The molecular formula is C27H27ClN2O3S. The number of ether oxygens (including phenoxy) is 1. The van der Waals surface area contributed by atoms with Crippen molar-refractivity contribution in [1.29, 1.82) is 0 Å². The van der Waals surface area contributed by atoms with E-state index >= 15 is 0 Å². The molecule has 0 bridgehead atoms. The fourth-order valence-electron chi connectivity index (χ4n) is 4.09. The molecule has 2 amide bonds. The Morgan fingerprint density at radius 1 is 1.18 bits per heavy atom. The van der Waals surface area contributed by atoms with Gasteiger partial charge in [0, 0.05) is 28.6 Å². The van der Waals surface area contributed by atoms with E-state index in [2.05, 4.69) is 18.0 Å². The molecule has 1 unspecified atom stereocenters. The summed E-state index contributed by atoms with van der Waals surface area (Å²) in [6.07, 6.45) is 2.44. The maximum atomic E-state index is 13.5. The van der Waals surface area contributed by atoms with Crippen LogP contribution in [0.5, 0.6) is 5.75 Å². The van der Waals surface area contributed by atoms with Crippen molar-refractivity contribution in [3.05, 3.63) is 99.2 Å². The van der Waals surface area contributed by atoms with Crippen molar-refractivity contribution in [1.82, 2.24) is 9.80 Å². The van der Waals surface area contributed by atoms with E-state index in [4.69, 9.17) is 16.3 Å². The molecule has 34 heavy (non-hydrogen) atoms. The summed E-state index contributed by atoms with van der Waals surface area (Å²) in [5.41, 5.74) is 2.74. The summed E-state index contributed by atoms with van der Waals surface area (Å²) < 4.78 is 6.04. The van der Waals surface area contributed by atoms with E-state index in [-0.39, 0.29) is 24.4 Å². The number of hydrogen-bond acceptors (Lipinski definition) is 4. The highest BCUT2D eigenvalue weighted by Crippen LogP contribution is 2.34. The molecule has 1 aliphatic heterocycles. The van der Waals surface area contributed by atoms with Gasteiger partial charge in [0.05, 0.1) is 6.04 Å². The lowest BCUT2D eigenvalue weighted by Gasteiger charge is -2.37. The maximum Gasteiger partial charge on any atom is 0.254 e. The standard InChI is InChI=1S/C27H27ClN2O3S/c1-3-14-29(27(32)20-6-4-19(2)5-7-20)17-26(31)30-15-12-25-23(13-16-34-25)24(30)18-33-22-10-8-21(28)9-11-22/h3-11,13,16,24H,1,12,14-15,17-18H2,2H3. The molecule has 1 atom stereocenters. The first-order valence-corrected chi connectivity index (χ1v) is 12.4.